The molecule has 1 atom stereocenters. The highest BCUT2D eigenvalue weighted by atomic mass is 32.2. The number of hydrogen-bond donors (Lipinski definition) is 1. The van der Waals surface area contributed by atoms with Crippen LogP contribution in [0, 0.1) is 0 Å². The largest absolute Gasteiger partial charge is 0.317 e. The second-order valence-electron chi connectivity index (χ2n) is 4.08. The van der Waals surface area contributed by atoms with Gasteiger partial charge in [0, 0.05) is 11.4 Å². The van der Waals surface area contributed by atoms with Crippen LogP contribution in [0.25, 0.3) is 5.57 Å². The van der Waals surface area contributed by atoms with Gasteiger partial charge in [0.25, 0.3) is 0 Å². The van der Waals surface area contributed by atoms with Gasteiger partial charge in [-0.3, -0.25) is 0 Å². The van der Waals surface area contributed by atoms with Gasteiger partial charge < -0.3 is 5.32 Å². The van der Waals surface area contributed by atoms with Crippen molar-refractivity contribution in [3.05, 3.63) is 35.2 Å². The van der Waals surface area contributed by atoms with Gasteiger partial charge >= 0.3 is 0 Å². The van der Waals surface area contributed by atoms with Crippen molar-refractivity contribution in [2.45, 2.75) is 24.3 Å². The second-order valence-corrected chi connectivity index (χ2v) is 5.84. The summed E-state index contributed by atoms with van der Waals surface area (Å²) in [6, 6.07) is 7.44. The zero-order valence-electron chi connectivity index (χ0n) is 9.40. The van der Waals surface area contributed by atoms with Gasteiger partial charge in [-0.2, -0.15) is 0 Å². The van der Waals surface area contributed by atoms with Crippen molar-refractivity contribution in [2.24, 2.45) is 0 Å². The summed E-state index contributed by atoms with van der Waals surface area (Å²) in [5.74, 6) is 0. The molecule has 3 nitrogen and oxygen atoms in total. The molecule has 0 aliphatic carbocycles. The van der Waals surface area contributed by atoms with Crippen LogP contribution in [0.3, 0.4) is 0 Å². The molecule has 1 aromatic carbocycles. The van der Waals surface area contributed by atoms with E-state index in [1.54, 1.807) is 12.1 Å². The lowest BCUT2D eigenvalue weighted by Gasteiger charge is -2.10. The number of nitrogens with one attached hydrogen (secondary N) is 1. The molecule has 1 aromatic rings. The van der Waals surface area contributed by atoms with Gasteiger partial charge in [-0.1, -0.05) is 18.2 Å². The molecule has 4 heteroatoms. The molecule has 0 radical (unpaired) electrons. The predicted molar refractivity (Wildman–Crippen MR) is 64.7 cm³/mol. The van der Waals surface area contributed by atoms with E-state index in [0.29, 0.717) is 4.90 Å². The molecule has 0 aromatic heterocycles. The average molecular weight is 237 g/mol. The monoisotopic (exact) mass is 237 g/mol. The van der Waals surface area contributed by atoms with E-state index < -0.39 is 9.84 Å². The predicted octanol–water partition coefficient (Wildman–Crippen LogP) is 1.81. The van der Waals surface area contributed by atoms with E-state index in [9.17, 15) is 8.42 Å². The number of sulfone groups is 1. The minimum absolute atomic E-state index is 0.271. The van der Waals surface area contributed by atoms with E-state index >= 15 is 0 Å². The van der Waals surface area contributed by atoms with Crippen LogP contribution in [0.5, 0.6) is 0 Å². The fourth-order valence-corrected chi connectivity index (χ4v) is 3.38. The van der Waals surface area contributed by atoms with Crippen LogP contribution in [-0.4, -0.2) is 21.5 Å². The minimum atomic E-state index is -3.20. The summed E-state index contributed by atoms with van der Waals surface area (Å²) < 4.78 is 23.7. The summed E-state index contributed by atoms with van der Waals surface area (Å²) >= 11 is 0. The fraction of sp³-hybridized carbons (Fsp3) is 0.333. The van der Waals surface area contributed by atoms with Crippen molar-refractivity contribution in [3.63, 3.8) is 0 Å². The van der Waals surface area contributed by atoms with Crippen molar-refractivity contribution < 1.29 is 8.42 Å². The molecule has 1 unspecified atom stereocenters. The highest BCUT2D eigenvalue weighted by molar-refractivity contribution is 7.95. The van der Waals surface area contributed by atoms with E-state index in [1.165, 1.54) is 5.41 Å². The van der Waals surface area contributed by atoms with E-state index in [1.807, 2.05) is 26.1 Å². The van der Waals surface area contributed by atoms with Crippen LogP contribution in [0.4, 0.5) is 0 Å². The van der Waals surface area contributed by atoms with E-state index in [4.69, 9.17) is 0 Å². The van der Waals surface area contributed by atoms with Gasteiger partial charge in [-0.05, 0) is 37.6 Å². The maximum Gasteiger partial charge on any atom is 0.200 e. The first-order valence-electron chi connectivity index (χ1n) is 5.27. The second kappa shape index (κ2) is 4.03. The zero-order chi connectivity index (χ0) is 11.8. The summed E-state index contributed by atoms with van der Waals surface area (Å²) in [7, 11) is -1.32. The first-order valence-corrected chi connectivity index (χ1v) is 6.81. The van der Waals surface area contributed by atoms with E-state index in [2.05, 4.69) is 5.32 Å². The van der Waals surface area contributed by atoms with Gasteiger partial charge in [-0.15, -0.1) is 0 Å². The Morgan fingerprint density at radius 2 is 2.00 bits per heavy atom. The molecular formula is C12H15NO2S. The third-order valence-electron chi connectivity index (χ3n) is 2.86. The minimum Gasteiger partial charge on any atom is -0.317 e. The van der Waals surface area contributed by atoms with Gasteiger partial charge in [0.2, 0.25) is 9.84 Å². The standard InChI is InChI=1S/C12H15NO2S/c1-9(13-2)7-10-8-16(14,15)12-6-4-3-5-11(10)12/h3-6,8-9,13H,7H2,1-2H3. The average Bonchev–Trinajstić information content (AvgIpc) is 2.51. The topological polar surface area (TPSA) is 46.2 Å². The number of fused-ring (bicyclic) bond motifs is 1. The SMILES string of the molecule is CNC(C)CC1=CS(=O)(=O)c2ccccc21. The van der Waals surface area contributed by atoms with Gasteiger partial charge in [0.05, 0.1) is 4.90 Å². The molecule has 1 N–H and O–H groups in total. The molecule has 0 bridgehead atoms. The lowest BCUT2D eigenvalue weighted by Crippen LogP contribution is -2.21. The van der Waals surface area contributed by atoms with Gasteiger partial charge in [-0.25, -0.2) is 8.42 Å². The number of benzene rings is 1. The lowest BCUT2D eigenvalue weighted by atomic mass is 10.0. The normalized spacial score (nSPS) is 19.0. The summed E-state index contributed by atoms with van der Waals surface area (Å²) in [5.41, 5.74) is 1.75. The Morgan fingerprint density at radius 3 is 2.69 bits per heavy atom. The van der Waals surface area contributed by atoms with Crippen molar-refractivity contribution in [1.29, 1.82) is 0 Å². The van der Waals surface area contributed by atoms with Crippen LogP contribution >= 0.6 is 0 Å². The van der Waals surface area contributed by atoms with Gasteiger partial charge in [0.1, 0.15) is 0 Å². The van der Waals surface area contributed by atoms with Crippen molar-refractivity contribution in [3.8, 4) is 0 Å². The van der Waals surface area contributed by atoms with Crippen LogP contribution in [0.15, 0.2) is 34.6 Å². The third kappa shape index (κ3) is 1.90. The molecule has 0 saturated heterocycles. The maximum atomic E-state index is 11.8. The Morgan fingerprint density at radius 1 is 1.31 bits per heavy atom. The molecule has 0 fully saturated rings. The van der Waals surface area contributed by atoms with Gasteiger partial charge in [0.15, 0.2) is 0 Å². The van der Waals surface area contributed by atoms with Crippen LogP contribution < -0.4 is 5.32 Å². The summed E-state index contributed by atoms with van der Waals surface area (Å²) in [5, 5.41) is 4.51. The molecule has 1 heterocycles. The van der Waals surface area contributed by atoms with Crippen molar-refractivity contribution in [2.75, 3.05) is 7.05 Å². The van der Waals surface area contributed by atoms with E-state index in [0.717, 1.165) is 17.6 Å². The van der Waals surface area contributed by atoms with Crippen LogP contribution in [0.2, 0.25) is 0 Å². The Kier molecular flexibility index (Phi) is 2.86. The molecule has 0 saturated carbocycles. The molecule has 86 valence electrons. The molecule has 1 aliphatic heterocycles. The Labute approximate surface area is 96.1 Å². The number of rotatable bonds is 3. The Hall–Kier alpha value is -1.13. The molecule has 0 amide bonds. The lowest BCUT2D eigenvalue weighted by molar-refractivity contribution is 0.605. The molecule has 16 heavy (non-hydrogen) atoms. The van der Waals surface area contributed by atoms with Crippen LogP contribution in [0.1, 0.15) is 18.9 Å². The first kappa shape index (κ1) is 11.4. The summed E-state index contributed by atoms with van der Waals surface area (Å²) in [6.45, 7) is 2.04. The van der Waals surface area contributed by atoms with Crippen molar-refractivity contribution in [1.82, 2.24) is 5.32 Å². The third-order valence-corrected chi connectivity index (χ3v) is 4.42. The summed E-state index contributed by atoms with van der Waals surface area (Å²) in [6.07, 6.45) is 0.729. The highest BCUT2D eigenvalue weighted by Gasteiger charge is 2.26. The highest BCUT2D eigenvalue weighted by Crippen LogP contribution is 2.35. The van der Waals surface area contributed by atoms with E-state index in [-0.39, 0.29) is 6.04 Å². The molecule has 2 rings (SSSR count). The smallest absolute Gasteiger partial charge is 0.200 e. The quantitative estimate of drug-likeness (QED) is 0.872. The maximum absolute atomic E-state index is 11.8. The molecule has 1 aliphatic rings. The van der Waals surface area contributed by atoms with Crippen LogP contribution in [-0.2, 0) is 9.84 Å². The number of hydrogen-bond acceptors (Lipinski definition) is 3. The van der Waals surface area contributed by atoms with Crippen molar-refractivity contribution >= 4 is 15.4 Å². The molecular weight excluding hydrogens is 222 g/mol. The first-order chi connectivity index (χ1) is 7.54. The summed E-state index contributed by atoms with van der Waals surface area (Å²) in [4.78, 5) is 0.438. The zero-order valence-corrected chi connectivity index (χ0v) is 10.2. The Bertz CT molecular complexity index is 532. The molecule has 0 spiro atoms. The Balaban J connectivity index is 2.43. The fourth-order valence-electron chi connectivity index (χ4n) is 1.88.